The number of carboxylic acids is 1. The number of unbranched alkanes of at least 4 members (excludes halogenated alkanes) is 11. The van der Waals surface area contributed by atoms with Crippen LogP contribution in [0, 0.1) is 0 Å². The number of nitrogens with zero attached hydrogens (tertiary/aromatic N) is 3. The van der Waals surface area contributed by atoms with Gasteiger partial charge in [-0.15, -0.1) is 0 Å². The Hall–Kier alpha value is -2.73. The minimum atomic E-state index is -0.659. The van der Waals surface area contributed by atoms with Gasteiger partial charge in [0.2, 0.25) is 11.8 Å². The van der Waals surface area contributed by atoms with Crippen molar-refractivity contribution in [2.24, 2.45) is 0 Å². The summed E-state index contributed by atoms with van der Waals surface area (Å²) in [6.45, 7) is 5.63. The second-order valence-electron chi connectivity index (χ2n) is 10.5. The van der Waals surface area contributed by atoms with Gasteiger partial charge in [0.25, 0.3) is 5.88 Å². The summed E-state index contributed by atoms with van der Waals surface area (Å²) in [4.78, 5) is 33.7. The number of rotatable bonds is 26. The molecule has 1 unspecified atom stereocenters. The number of methoxy groups -OCH3 is 1. The maximum absolute atomic E-state index is 11.8. The van der Waals surface area contributed by atoms with E-state index in [2.05, 4.69) is 34.8 Å². The molecule has 2 amide bonds. The Morgan fingerprint density at radius 3 is 2.07 bits per heavy atom. The van der Waals surface area contributed by atoms with Crippen LogP contribution in [0.5, 0.6) is 5.88 Å². The smallest absolute Gasteiger partial charge is 0.303 e. The number of aliphatic hydroxyl groups excluding tert-OH is 1. The molecule has 0 aliphatic rings. The number of hydrogen-bond donors (Lipinski definition) is 4. The van der Waals surface area contributed by atoms with Gasteiger partial charge in [-0.25, -0.2) is 4.68 Å². The fourth-order valence-corrected chi connectivity index (χ4v) is 4.04. The van der Waals surface area contributed by atoms with E-state index in [9.17, 15) is 14.4 Å². The molecule has 1 aromatic rings. The van der Waals surface area contributed by atoms with E-state index in [0.29, 0.717) is 12.3 Å². The minimum Gasteiger partial charge on any atom is -0.481 e. The molecule has 0 aliphatic heterocycles. The highest BCUT2D eigenvalue weighted by Gasteiger charge is 2.11. The molecule has 1 aromatic heterocycles. The number of ether oxygens (including phenoxy) is 2. The van der Waals surface area contributed by atoms with Crippen LogP contribution in [0.25, 0.3) is 0 Å². The average Bonchev–Trinajstić information content (AvgIpc) is 3.42. The number of aliphatic carboxylic acids is 1. The van der Waals surface area contributed by atoms with Gasteiger partial charge in [0.1, 0.15) is 0 Å². The first-order valence-corrected chi connectivity index (χ1v) is 15.8. The molecule has 0 radical (unpaired) electrons. The monoisotopic (exact) mass is 615 g/mol. The molecule has 0 spiro atoms. The van der Waals surface area contributed by atoms with Crippen LogP contribution in [-0.4, -0.2) is 82.5 Å². The van der Waals surface area contributed by atoms with Crippen molar-refractivity contribution in [3.63, 3.8) is 0 Å². The normalized spacial score (nSPS) is 11.1. The third kappa shape index (κ3) is 27.8. The van der Waals surface area contributed by atoms with Crippen LogP contribution in [0.1, 0.15) is 124 Å². The van der Waals surface area contributed by atoms with Gasteiger partial charge in [-0.05, 0) is 12.8 Å². The van der Waals surface area contributed by atoms with Crippen LogP contribution in [0.15, 0.2) is 6.20 Å². The maximum Gasteiger partial charge on any atom is 0.303 e. The maximum atomic E-state index is 11.8. The third-order valence-electron chi connectivity index (χ3n) is 6.46. The van der Waals surface area contributed by atoms with E-state index in [1.807, 2.05) is 0 Å². The topological polar surface area (TPSA) is 165 Å². The molecule has 0 aromatic carbocycles. The molecule has 12 nitrogen and oxygen atoms in total. The highest BCUT2D eigenvalue weighted by Crippen LogP contribution is 2.10. The number of aliphatic hydroxyl groups is 1. The Morgan fingerprint density at radius 2 is 1.49 bits per heavy atom. The lowest BCUT2D eigenvalue weighted by molar-refractivity contribution is -0.137. The van der Waals surface area contributed by atoms with Crippen molar-refractivity contribution in [3.05, 3.63) is 6.20 Å². The summed E-state index contributed by atoms with van der Waals surface area (Å²) in [5, 5.41) is 30.7. The van der Waals surface area contributed by atoms with E-state index >= 15 is 0 Å². The standard InChI is InChI=1S/C18H33N5O5.C12H24O2.CH4/c1-3-4-5-6-10-23-12-18(21-22-23)28-11-8-16(25)19-9-7-17(26)20-15(13-24)14-27-2;1-2-3-4-5-6-7-8-9-10-11-12(13)14;/h12,15,24H,3-11,13-14H2,1-2H3,(H,19,25)(H,20,26);2-11H2,1H3,(H,13,14);1H4. The second kappa shape index (κ2) is 30.7. The van der Waals surface area contributed by atoms with Crippen LogP contribution in [0.4, 0.5) is 0 Å². The predicted molar refractivity (Wildman–Crippen MR) is 169 cm³/mol. The molecule has 12 heteroatoms. The van der Waals surface area contributed by atoms with Crippen molar-refractivity contribution in [2.45, 2.75) is 137 Å². The van der Waals surface area contributed by atoms with Gasteiger partial charge < -0.3 is 30.3 Å². The molecule has 0 bridgehead atoms. The fraction of sp³-hybridized carbons (Fsp3) is 0.839. The van der Waals surface area contributed by atoms with E-state index in [1.54, 1.807) is 10.9 Å². The number of amides is 2. The molecule has 1 rings (SSSR count). The first-order chi connectivity index (χ1) is 20.4. The Balaban J connectivity index is 0. The molecular weight excluding hydrogens is 554 g/mol. The second-order valence-corrected chi connectivity index (χ2v) is 10.5. The van der Waals surface area contributed by atoms with Crippen LogP contribution >= 0.6 is 0 Å². The Kier molecular flexibility index (Phi) is 30.3. The van der Waals surface area contributed by atoms with E-state index in [4.69, 9.17) is 19.7 Å². The zero-order chi connectivity index (χ0) is 31.3. The van der Waals surface area contributed by atoms with Gasteiger partial charge in [0, 0.05) is 33.0 Å². The Labute approximate surface area is 259 Å². The van der Waals surface area contributed by atoms with E-state index in [-0.39, 0.29) is 58.4 Å². The van der Waals surface area contributed by atoms with Crippen molar-refractivity contribution in [2.75, 3.05) is 33.5 Å². The first kappa shape index (κ1) is 42.4. The number of aryl methyl sites for hydroxylation is 1. The molecule has 4 N–H and O–H groups in total. The van der Waals surface area contributed by atoms with Crippen molar-refractivity contribution in [1.29, 1.82) is 0 Å². The summed E-state index contributed by atoms with van der Waals surface area (Å²) >= 11 is 0. The molecule has 0 aliphatic carbocycles. The van der Waals surface area contributed by atoms with Crippen LogP contribution < -0.4 is 15.4 Å². The first-order valence-electron chi connectivity index (χ1n) is 15.8. The van der Waals surface area contributed by atoms with E-state index in [1.165, 1.54) is 64.9 Å². The molecule has 252 valence electrons. The lowest BCUT2D eigenvalue weighted by Gasteiger charge is -2.15. The molecule has 43 heavy (non-hydrogen) atoms. The van der Waals surface area contributed by atoms with Gasteiger partial charge in [0.15, 0.2) is 0 Å². The van der Waals surface area contributed by atoms with Crippen LogP contribution in [0.3, 0.4) is 0 Å². The third-order valence-corrected chi connectivity index (χ3v) is 6.46. The van der Waals surface area contributed by atoms with Crippen molar-refractivity contribution < 1.29 is 34.1 Å². The van der Waals surface area contributed by atoms with Crippen molar-refractivity contribution >= 4 is 17.8 Å². The largest absolute Gasteiger partial charge is 0.481 e. The average molecular weight is 616 g/mol. The van der Waals surface area contributed by atoms with Gasteiger partial charge >= 0.3 is 5.97 Å². The zero-order valence-electron chi connectivity index (χ0n) is 26.3. The fourth-order valence-electron chi connectivity index (χ4n) is 4.04. The number of nitrogens with one attached hydrogen (secondary N) is 2. The molecule has 1 heterocycles. The van der Waals surface area contributed by atoms with Crippen LogP contribution in [-0.2, 0) is 25.7 Å². The molecule has 1 atom stereocenters. The molecule has 0 fully saturated rings. The number of aromatic nitrogens is 3. The number of carbonyl (C=O) groups is 3. The number of hydrogen-bond acceptors (Lipinski definition) is 8. The summed E-state index contributed by atoms with van der Waals surface area (Å²) in [6, 6.07) is -0.443. The summed E-state index contributed by atoms with van der Waals surface area (Å²) in [7, 11) is 1.49. The van der Waals surface area contributed by atoms with E-state index < -0.39 is 12.0 Å². The van der Waals surface area contributed by atoms with Gasteiger partial charge in [0.05, 0.1) is 38.5 Å². The predicted octanol–water partition coefficient (Wildman–Crippen LogP) is 4.89. The van der Waals surface area contributed by atoms with Gasteiger partial charge in [-0.1, -0.05) is 102 Å². The summed E-state index contributed by atoms with van der Waals surface area (Å²) in [5.74, 6) is -0.734. The lowest BCUT2D eigenvalue weighted by atomic mass is 10.1. The number of carboxylic acid groups (broad SMARTS) is 1. The molecule has 0 saturated carbocycles. The Bertz CT molecular complexity index is 807. The lowest BCUT2D eigenvalue weighted by Crippen LogP contribution is -2.41. The van der Waals surface area contributed by atoms with E-state index in [0.717, 1.165) is 32.2 Å². The molecule has 0 saturated heterocycles. The summed E-state index contributed by atoms with van der Waals surface area (Å²) < 4.78 is 12.1. The summed E-state index contributed by atoms with van der Waals surface area (Å²) in [5.41, 5.74) is 0. The Morgan fingerprint density at radius 1 is 0.884 bits per heavy atom. The van der Waals surface area contributed by atoms with Crippen molar-refractivity contribution in [1.82, 2.24) is 25.6 Å². The van der Waals surface area contributed by atoms with Gasteiger partial charge in [-0.3, -0.25) is 14.4 Å². The highest BCUT2D eigenvalue weighted by molar-refractivity contribution is 5.79. The highest BCUT2D eigenvalue weighted by atomic mass is 16.5. The minimum absolute atomic E-state index is 0. The zero-order valence-corrected chi connectivity index (χ0v) is 26.3. The summed E-state index contributed by atoms with van der Waals surface area (Å²) in [6.07, 6.45) is 18.1. The SMILES string of the molecule is C.CCCCCCCCCCCC(=O)O.CCCCCCn1cc(OCCC(=O)NCCC(=O)NC(CO)COC)nn1. The quantitative estimate of drug-likeness (QED) is 0.106. The number of carbonyl (C=O) groups excluding carboxylic acids is 2. The van der Waals surface area contributed by atoms with Gasteiger partial charge in [-0.2, -0.15) is 0 Å². The molecular formula is C31H61N5O7. The van der Waals surface area contributed by atoms with Crippen molar-refractivity contribution in [3.8, 4) is 5.88 Å². The van der Waals surface area contributed by atoms with Crippen LogP contribution in [0.2, 0.25) is 0 Å².